The first kappa shape index (κ1) is 19.0. The van der Waals surface area contributed by atoms with Crippen LogP contribution in [0.3, 0.4) is 0 Å². The van der Waals surface area contributed by atoms with Crippen LogP contribution in [0.25, 0.3) is 0 Å². The molecule has 0 fully saturated rings. The zero-order valence-electron chi connectivity index (χ0n) is 15.8. The molecule has 0 spiro atoms. The first-order valence-electron chi connectivity index (χ1n) is 9.09. The minimum Gasteiger partial charge on any atom is -0.344 e. The molecule has 2 aromatic heterocycles. The van der Waals surface area contributed by atoms with Gasteiger partial charge in [0, 0.05) is 37.8 Å². The van der Waals surface area contributed by atoms with E-state index in [2.05, 4.69) is 30.4 Å². The van der Waals surface area contributed by atoms with Gasteiger partial charge in [-0.25, -0.2) is 4.79 Å². The van der Waals surface area contributed by atoms with Gasteiger partial charge in [-0.05, 0) is 12.8 Å². The number of amides is 1. The number of H-pyrrole nitrogens is 1. The Morgan fingerprint density at radius 3 is 2.81 bits per heavy atom. The lowest BCUT2D eigenvalue weighted by molar-refractivity contribution is -0.122. The summed E-state index contributed by atoms with van der Waals surface area (Å²) in [6, 6.07) is -0.323. The lowest BCUT2D eigenvalue weighted by Gasteiger charge is -2.23. The quantitative estimate of drug-likeness (QED) is 0.621. The molecule has 0 aromatic carbocycles. The summed E-state index contributed by atoms with van der Waals surface area (Å²) in [4.78, 5) is 38.1. The van der Waals surface area contributed by atoms with Gasteiger partial charge in [-0.3, -0.25) is 19.1 Å². The van der Waals surface area contributed by atoms with Gasteiger partial charge >= 0.3 is 5.69 Å². The number of nitrogens with zero attached hydrogens (tertiary/aromatic N) is 4. The van der Waals surface area contributed by atoms with E-state index in [0.717, 1.165) is 37.7 Å². The van der Waals surface area contributed by atoms with Gasteiger partial charge in [0.1, 0.15) is 12.4 Å². The SMILES string of the molecule is Cc1cn(CC(=O)N[C@H](c2nnc3n2CCNCC3)C(C)C)c(=O)[nH]c1=O. The van der Waals surface area contributed by atoms with E-state index in [1.807, 2.05) is 13.8 Å². The second-order valence-electron chi connectivity index (χ2n) is 7.11. The van der Waals surface area contributed by atoms with E-state index in [-0.39, 0.29) is 24.4 Å². The van der Waals surface area contributed by atoms with E-state index in [1.165, 1.54) is 10.8 Å². The molecule has 0 radical (unpaired) electrons. The highest BCUT2D eigenvalue weighted by molar-refractivity contribution is 5.76. The predicted molar refractivity (Wildman–Crippen MR) is 98.4 cm³/mol. The van der Waals surface area contributed by atoms with Crippen LogP contribution in [0.1, 0.15) is 37.1 Å². The van der Waals surface area contributed by atoms with Crippen molar-refractivity contribution in [3.63, 3.8) is 0 Å². The Morgan fingerprint density at radius 1 is 1.30 bits per heavy atom. The molecule has 0 bridgehead atoms. The Bertz CT molecular complexity index is 941. The average molecular weight is 375 g/mol. The average Bonchev–Trinajstić information content (AvgIpc) is 2.84. The number of aryl methyl sites for hydroxylation is 1. The van der Waals surface area contributed by atoms with Gasteiger partial charge in [-0.2, -0.15) is 0 Å². The smallest absolute Gasteiger partial charge is 0.328 e. The Kier molecular flexibility index (Phi) is 5.54. The van der Waals surface area contributed by atoms with Crippen molar-refractivity contribution < 1.29 is 4.79 Å². The Labute approximate surface area is 156 Å². The van der Waals surface area contributed by atoms with Gasteiger partial charge in [0.2, 0.25) is 5.91 Å². The van der Waals surface area contributed by atoms with Crippen molar-refractivity contribution in [2.24, 2.45) is 5.92 Å². The van der Waals surface area contributed by atoms with Crippen LogP contribution in [0.4, 0.5) is 0 Å². The summed E-state index contributed by atoms with van der Waals surface area (Å²) in [7, 11) is 0. The number of aromatic amines is 1. The lowest BCUT2D eigenvalue weighted by Crippen LogP contribution is -2.39. The third-order valence-electron chi connectivity index (χ3n) is 4.66. The lowest BCUT2D eigenvalue weighted by atomic mass is 10.0. The highest BCUT2D eigenvalue weighted by Gasteiger charge is 2.26. The van der Waals surface area contributed by atoms with E-state index in [4.69, 9.17) is 0 Å². The topological polar surface area (TPSA) is 127 Å². The van der Waals surface area contributed by atoms with Crippen molar-refractivity contribution >= 4 is 5.91 Å². The number of hydrogen-bond donors (Lipinski definition) is 3. The third-order valence-corrected chi connectivity index (χ3v) is 4.66. The van der Waals surface area contributed by atoms with Crippen LogP contribution in [-0.2, 0) is 24.3 Å². The van der Waals surface area contributed by atoms with Crippen molar-refractivity contribution in [1.82, 2.24) is 34.9 Å². The monoisotopic (exact) mass is 375 g/mol. The second-order valence-corrected chi connectivity index (χ2v) is 7.11. The summed E-state index contributed by atoms with van der Waals surface area (Å²) in [5.41, 5.74) is -0.682. The van der Waals surface area contributed by atoms with E-state index in [1.54, 1.807) is 6.92 Å². The molecule has 3 N–H and O–H groups in total. The summed E-state index contributed by atoms with van der Waals surface area (Å²) in [6.07, 6.45) is 2.18. The van der Waals surface area contributed by atoms with Gasteiger partial charge in [0.25, 0.3) is 5.56 Å². The molecule has 1 atom stereocenters. The molecule has 1 amide bonds. The highest BCUT2D eigenvalue weighted by Crippen LogP contribution is 2.21. The third kappa shape index (κ3) is 4.16. The summed E-state index contributed by atoms with van der Waals surface area (Å²) >= 11 is 0. The standard InChI is InChI=1S/C17H25N7O3/c1-10(2)14(15-22-21-12-4-5-18-6-7-24(12)15)19-13(25)9-23-8-11(3)16(26)20-17(23)27/h8,10,14,18H,4-7,9H2,1-3H3,(H,19,25)(H,20,26,27)/t14-/m0/s1. The molecule has 0 saturated heterocycles. The Hall–Kier alpha value is -2.75. The number of fused-ring (bicyclic) bond motifs is 1. The largest absolute Gasteiger partial charge is 0.344 e. The number of aromatic nitrogens is 5. The number of hydrogen-bond acceptors (Lipinski definition) is 6. The van der Waals surface area contributed by atoms with E-state index in [9.17, 15) is 14.4 Å². The summed E-state index contributed by atoms with van der Waals surface area (Å²) in [5, 5.41) is 14.9. The first-order chi connectivity index (χ1) is 12.9. The molecule has 3 heterocycles. The Morgan fingerprint density at radius 2 is 2.07 bits per heavy atom. The molecule has 1 aliphatic heterocycles. The van der Waals surface area contributed by atoms with Crippen LogP contribution < -0.4 is 21.9 Å². The molecule has 0 unspecified atom stereocenters. The zero-order valence-corrected chi connectivity index (χ0v) is 15.8. The fourth-order valence-corrected chi connectivity index (χ4v) is 3.16. The second kappa shape index (κ2) is 7.87. The minimum absolute atomic E-state index is 0.0903. The van der Waals surface area contributed by atoms with Gasteiger partial charge in [-0.15, -0.1) is 10.2 Å². The zero-order chi connectivity index (χ0) is 19.6. The predicted octanol–water partition coefficient (Wildman–Crippen LogP) is -0.904. The van der Waals surface area contributed by atoms with Crippen LogP contribution in [0.2, 0.25) is 0 Å². The van der Waals surface area contributed by atoms with E-state index >= 15 is 0 Å². The van der Waals surface area contributed by atoms with Crippen LogP contribution in [0.15, 0.2) is 15.8 Å². The summed E-state index contributed by atoms with van der Waals surface area (Å²) < 4.78 is 3.25. The minimum atomic E-state index is -0.607. The normalized spacial score (nSPS) is 15.3. The van der Waals surface area contributed by atoms with E-state index in [0.29, 0.717) is 5.56 Å². The molecule has 146 valence electrons. The molecule has 0 aliphatic carbocycles. The molecule has 2 aromatic rings. The van der Waals surface area contributed by atoms with Crippen molar-refractivity contribution in [2.45, 2.75) is 46.3 Å². The molecule has 10 nitrogen and oxygen atoms in total. The van der Waals surface area contributed by atoms with Crippen molar-refractivity contribution in [3.8, 4) is 0 Å². The van der Waals surface area contributed by atoms with Gasteiger partial charge < -0.3 is 15.2 Å². The van der Waals surface area contributed by atoms with Crippen LogP contribution in [0.5, 0.6) is 0 Å². The number of carbonyl (C=O) groups is 1. The molecule has 0 saturated carbocycles. The highest BCUT2D eigenvalue weighted by atomic mass is 16.2. The van der Waals surface area contributed by atoms with E-state index < -0.39 is 11.2 Å². The van der Waals surface area contributed by atoms with Gasteiger partial charge in [0.05, 0.1) is 6.04 Å². The van der Waals surface area contributed by atoms with Crippen LogP contribution >= 0.6 is 0 Å². The van der Waals surface area contributed by atoms with Crippen molar-refractivity contribution in [1.29, 1.82) is 0 Å². The fourth-order valence-electron chi connectivity index (χ4n) is 3.16. The maximum absolute atomic E-state index is 12.6. The molecular weight excluding hydrogens is 350 g/mol. The van der Waals surface area contributed by atoms with Crippen LogP contribution in [-0.4, -0.2) is 43.3 Å². The molecule has 3 rings (SSSR count). The maximum atomic E-state index is 12.6. The summed E-state index contributed by atoms with van der Waals surface area (Å²) in [5.74, 6) is 1.39. The molecular formula is C17H25N7O3. The number of nitrogens with one attached hydrogen (secondary N) is 3. The Balaban J connectivity index is 1.80. The van der Waals surface area contributed by atoms with Crippen molar-refractivity contribution in [2.75, 3.05) is 13.1 Å². The maximum Gasteiger partial charge on any atom is 0.328 e. The number of carbonyl (C=O) groups excluding carboxylic acids is 1. The fraction of sp³-hybridized carbons (Fsp3) is 0.588. The molecule has 1 aliphatic rings. The van der Waals surface area contributed by atoms with Gasteiger partial charge in [0.15, 0.2) is 5.82 Å². The van der Waals surface area contributed by atoms with Gasteiger partial charge in [-0.1, -0.05) is 13.8 Å². The summed E-state index contributed by atoms with van der Waals surface area (Å²) in [6.45, 7) is 7.82. The first-order valence-corrected chi connectivity index (χ1v) is 9.09. The number of rotatable bonds is 5. The molecule has 27 heavy (non-hydrogen) atoms. The van der Waals surface area contributed by atoms with Crippen LogP contribution in [0, 0.1) is 12.8 Å². The molecule has 10 heteroatoms. The van der Waals surface area contributed by atoms with Crippen molar-refractivity contribution in [3.05, 3.63) is 44.2 Å².